The molecule has 0 atom stereocenters. The number of H-pyrrole nitrogens is 1. The van der Waals surface area contributed by atoms with E-state index in [1.165, 1.54) is 16.3 Å². The first-order chi connectivity index (χ1) is 9.58. The fourth-order valence-electron chi connectivity index (χ4n) is 1.67. The summed E-state index contributed by atoms with van der Waals surface area (Å²) < 4.78 is 1.42. The summed E-state index contributed by atoms with van der Waals surface area (Å²) in [5.74, 6) is 5.72. The number of hydrogen-bond donors (Lipinski definition) is 3. The Kier molecular flexibility index (Phi) is 3.20. The first-order valence-corrected chi connectivity index (χ1v) is 7.26. The van der Waals surface area contributed by atoms with Crippen LogP contribution in [0.1, 0.15) is 4.88 Å². The summed E-state index contributed by atoms with van der Waals surface area (Å²) in [4.78, 5) is 22.0. The molecule has 8 nitrogen and oxygen atoms in total. The molecule has 0 saturated carbocycles. The lowest BCUT2D eigenvalue weighted by Gasteiger charge is -2.04. The number of aromatic amines is 1. The van der Waals surface area contributed by atoms with Crippen LogP contribution in [0.3, 0.4) is 0 Å². The van der Waals surface area contributed by atoms with Crippen LogP contribution < -0.4 is 17.0 Å². The van der Waals surface area contributed by atoms with E-state index in [2.05, 4.69) is 25.6 Å². The molecule has 4 N–H and O–H groups in total. The SMILES string of the molecule is Cc1cc2c(Sc3n[nH]c(=O)n3C)nc(NN)nc2s1. The van der Waals surface area contributed by atoms with Gasteiger partial charge in [0.25, 0.3) is 0 Å². The zero-order chi connectivity index (χ0) is 14.3. The maximum Gasteiger partial charge on any atom is 0.343 e. The summed E-state index contributed by atoms with van der Waals surface area (Å²) in [6.07, 6.45) is 0. The fraction of sp³-hybridized carbons (Fsp3) is 0.200. The van der Waals surface area contributed by atoms with E-state index in [9.17, 15) is 4.79 Å². The third-order valence-electron chi connectivity index (χ3n) is 2.64. The predicted octanol–water partition coefficient (Wildman–Crippen LogP) is 0.858. The molecule has 10 heteroatoms. The minimum atomic E-state index is -0.267. The molecule has 0 aliphatic carbocycles. The summed E-state index contributed by atoms with van der Waals surface area (Å²) in [5.41, 5.74) is 2.18. The number of fused-ring (bicyclic) bond motifs is 1. The van der Waals surface area contributed by atoms with Gasteiger partial charge in [-0.05, 0) is 24.8 Å². The standard InChI is InChI=1S/C10H11N7OS2/c1-4-3-5-6(19-4)12-8(14-11)13-7(5)20-10-16-15-9(18)17(10)2/h3H,11H2,1-2H3,(H,15,18)(H,12,13,14). The maximum absolute atomic E-state index is 11.4. The van der Waals surface area contributed by atoms with Crippen LogP contribution in [-0.2, 0) is 7.05 Å². The second kappa shape index (κ2) is 4.89. The van der Waals surface area contributed by atoms with E-state index >= 15 is 0 Å². The lowest BCUT2D eigenvalue weighted by atomic mass is 10.4. The van der Waals surface area contributed by atoms with Crippen LogP contribution in [-0.4, -0.2) is 24.7 Å². The molecule has 0 aliphatic rings. The molecule has 104 valence electrons. The lowest BCUT2D eigenvalue weighted by molar-refractivity contribution is 0.765. The first-order valence-electron chi connectivity index (χ1n) is 5.62. The van der Waals surface area contributed by atoms with Crippen LogP contribution >= 0.6 is 23.1 Å². The highest BCUT2D eigenvalue weighted by molar-refractivity contribution is 7.99. The van der Waals surface area contributed by atoms with Gasteiger partial charge in [-0.2, -0.15) is 0 Å². The van der Waals surface area contributed by atoms with Gasteiger partial charge in [-0.1, -0.05) is 0 Å². The molecular weight excluding hydrogens is 298 g/mol. The molecule has 0 fully saturated rings. The van der Waals surface area contributed by atoms with E-state index in [1.54, 1.807) is 18.4 Å². The number of hydrazine groups is 1. The van der Waals surface area contributed by atoms with Gasteiger partial charge in [-0.3, -0.25) is 9.99 Å². The second-order valence-electron chi connectivity index (χ2n) is 4.04. The van der Waals surface area contributed by atoms with Crippen molar-refractivity contribution in [3.8, 4) is 0 Å². The third kappa shape index (κ3) is 2.17. The maximum atomic E-state index is 11.4. The first kappa shape index (κ1) is 13.1. The van der Waals surface area contributed by atoms with Gasteiger partial charge in [0.05, 0.1) is 0 Å². The highest BCUT2D eigenvalue weighted by Gasteiger charge is 2.14. The van der Waals surface area contributed by atoms with Gasteiger partial charge in [-0.15, -0.1) is 16.4 Å². The molecule has 0 spiro atoms. The van der Waals surface area contributed by atoms with E-state index in [4.69, 9.17) is 5.84 Å². The second-order valence-corrected chi connectivity index (χ2v) is 6.24. The van der Waals surface area contributed by atoms with E-state index in [0.29, 0.717) is 16.1 Å². The number of anilines is 1. The Labute approximate surface area is 121 Å². The Hall–Kier alpha value is -1.91. The number of rotatable bonds is 3. The van der Waals surface area contributed by atoms with E-state index in [-0.39, 0.29) is 5.69 Å². The van der Waals surface area contributed by atoms with Crippen molar-refractivity contribution in [3.63, 3.8) is 0 Å². The van der Waals surface area contributed by atoms with Crippen molar-refractivity contribution >= 4 is 39.3 Å². The molecule has 0 aromatic carbocycles. The molecule has 0 bridgehead atoms. The Morgan fingerprint density at radius 1 is 1.50 bits per heavy atom. The minimum absolute atomic E-state index is 0.267. The van der Waals surface area contributed by atoms with Crippen LogP contribution in [0, 0.1) is 6.92 Å². The molecule has 3 aromatic rings. The number of aryl methyl sites for hydroxylation is 1. The van der Waals surface area contributed by atoms with Crippen molar-refractivity contribution in [2.24, 2.45) is 12.9 Å². The number of nitrogens with two attached hydrogens (primary N) is 1. The van der Waals surface area contributed by atoms with Gasteiger partial charge in [0.2, 0.25) is 5.95 Å². The number of thiophene rings is 1. The van der Waals surface area contributed by atoms with Crippen LogP contribution in [0.25, 0.3) is 10.2 Å². The number of nitrogens with zero attached hydrogens (tertiary/aromatic N) is 4. The monoisotopic (exact) mass is 309 g/mol. The van der Waals surface area contributed by atoms with Gasteiger partial charge in [0.15, 0.2) is 5.16 Å². The normalized spacial score (nSPS) is 11.2. The van der Waals surface area contributed by atoms with Gasteiger partial charge in [-0.25, -0.2) is 25.7 Å². The average Bonchev–Trinajstić information content (AvgIpc) is 2.95. The van der Waals surface area contributed by atoms with Crippen molar-refractivity contribution < 1.29 is 0 Å². The molecule has 0 radical (unpaired) electrons. The molecule has 20 heavy (non-hydrogen) atoms. The van der Waals surface area contributed by atoms with Crippen molar-refractivity contribution in [1.29, 1.82) is 0 Å². The van der Waals surface area contributed by atoms with Crippen LogP contribution in [0.5, 0.6) is 0 Å². The molecule has 3 aromatic heterocycles. The van der Waals surface area contributed by atoms with Crippen molar-refractivity contribution in [2.45, 2.75) is 17.1 Å². The van der Waals surface area contributed by atoms with E-state index in [1.807, 2.05) is 13.0 Å². The lowest BCUT2D eigenvalue weighted by Crippen LogP contribution is -2.13. The van der Waals surface area contributed by atoms with Gasteiger partial charge >= 0.3 is 5.69 Å². The summed E-state index contributed by atoms with van der Waals surface area (Å²) in [6.45, 7) is 2.00. The van der Waals surface area contributed by atoms with Gasteiger partial charge in [0.1, 0.15) is 9.86 Å². The quantitative estimate of drug-likeness (QED) is 0.373. The van der Waals surface area contributed by atoms with E-state index in [0.717, 1.165) is 15.1 Å². The number of hydrogen-bond acceptors (Lipinski definition) is 8. The highest BCUT2D eigenvalue weighted by Crippen LogP contribution is 2.34. The molecule has 3 rings (SSSR count). The Morgan fingerprint density at radius 2 is 2.30 bits per heavy atom. The molecule has 0 amide bonds. The molecule has 3 heterocycles. The van der Waals surface area contributed by atoms with Crippen molar-refractivity contribution in [3.05, 3.63) is 21.4 Å². The van der Waals surface area contributed by atoms with Crippen LogP contribution in [0.4, 0.5) is 5.95 Å². The predicted molar refractivity (Wildman–Crippen MR) is 77.9 cm³/mol. The molecule has 0 aliphatic heterocycles. The highest BCUT2D eigenvalue weighted by atomic mass is 32.2. The van der Waals surface area contributed by atoms with Gasteiger partial charge < -0.3 is 0 Å². The Bertz CT molecular complexity index is 834. The number of nitrogens with one attached hydrogen (secondary N) is 2. The van der Waals surface area contributed by atoms with Crippen LogP contribution in [0.2, 0.25) is 0 Å². The summed E-state index contributed by atoms with van der Waals surface area (Å²) in [5, 5.41) is 8.51. The summed E-state index contributed by atoms with van der Waals surface area (Å²) in [6, 6.07) is 2.01. The van der Waals surface area contributed by atoms with Crippen LogP contribution in [0.15, 0.2) is 21.0 Å². The fourth-order valence-corrected chi connectivity index (χ4v) is 3.49. The largest absolute Gasteiger partial charge is 0.343 e. The summed E-state index contributed by atoms with van der Waals surface area (Å²) >= 11 is 2.85. The zero-order valence-electron chi connectivity index (χ0n) is 10.7. The summed E-state index contributed by atoms with van der Waals surface area (Å²) in [7, 11) is 1.65. The van der Waals surface area contributed by atoms with E-state index < -0.39 is 0 Å². The Morgan fingerprint density at radius 3 is 2.95 bits per heavy atom. The smallest absolute Gasteiger partial charge is 0.292 e. The minimum Gasteiger partial charge on any atom is -0.292 e. The van der Waals surface area contributed by atoms with Crippen molar-refractivity contribution in [1.82, 2.24) is 24.7 Å². The zero-order valence-corrected chi connectivity index (χ0v) is 12.3. The Balaban J connectivity index is 2.14. The number of nitrogen functional groups attached to an aromatic ring is 1. The molecule has 0 unspecified atom stereocenters. The average molecular weight is 309 g/mol. The van der Waals surface area contributed by atoms with Crippen molar-refractivity contribution in [2.75, 3.05) is 5.43 Å². The topological polar surface area (TPSA) is 115 Å². The molecule has 0 saturated heterocycles. The molecular formula is C10H11N7OS2. The third-order valence-corrected chi connectivity index (χ3v) is 4.63. The van der Waals surface area contributed by atoms with Gasteiger partial charge in [0, 0.05) is 17.3 Å². The number of aromatic nitrogens is 5.